The van der Waals surface area contributed by atoms with E-state index in [1.165, 1.54) is 19.9 Å². The quantitative estimate of drug-likeness (QED) is 0.873. The summed E-state index contributed by atoms with van der Waals surface area (Å²) in [6, 6.07) is 2.49. The Bertz CT molecular complexity index is 461. The van der Waals surface area contributed by atoms with E-state index >= 15 is 0 Å². The molecule has 1 aromatic rings. The molecule has 0 aliphatic heterocycles. The van der Waals surface area contributed by atoms with Gasteiger partial charge in [-0.3, -0.25) is 0 Å². The Morgan fingerprint density at radius 3 is 2.65 bits per heavy atom. The molecule has 20 heavy (non-hydrogen) atoms. The first-order chi connectivity index (χ1) is 9.40. The van der Waals surface area contributed by atoms with E-state index in [1.807, 2.05) is 7.05 Å². The summed E-state index contributed by atoms with van der Waals surface area (Å²) in [5, 5.41) is 2.61. The fraction of sp³-hybridized carbons (Fsp3) is 0.615. The van der Waals surface area contributed by atoms with Crippen LogP contribution in [0.1, 0.15) is 18.4 Å². The normalized spacial score (nSPS) is 15.5. The maximum Gasteiger partial charge on any atom is 0.416 e. The summed E-state index contributed by atoms with van der Waals surface area (Å²) < 4.78 is 43.5. The van der Waals surface area contributed by atoms with Crippen LogP contribution in [0.3, 0.4) is 0 Å². The number of halogens is 3. The minimum atomic E-state index is -4.41. The highest BCUT2D eigenvalue weighted by atomic mass is 19.4. The average molecular weight is 289 g/mol. The van der Waals surface area contributed by atoms with Gasteiger partial charge in [0.1, 0.15) is 12.4 Å². The first-order valence-corrected chi connectivity index (χ1v) is 6.50. The molecule has 0 unspecified atom stereocenters. The largest absolute Gasteiger partial charge is 0.476 e. The molecule has 0 bridgehead atoms. The summed E-state index contributed by atoms with van der Waals surface area (Å²) in [4.78, 5) is 6.12. The van der Waals surface area contributed by atoms with Crippen molar-refractivity contribution in [3.8, 4) is 5.88 Å². The van der Waals surface area contributed by atoms with Gasteiger partial charge in [0.2, 0.25) is 5.88 Å². The summed E-state index contributed by atoms with van der Waals surface area (Å²) in [5.41, 5.74) is -0.762. The van der Waals surface area contributed by atoms with Gasteiger partial charge >= 0.3 is 6.18 Å². The number of anilines is 1. The van der Waals surface area contributed by atoms with Crippen LogP contribution >= 0.6 is 0 Å². The molecule has 0 spiro atoms. The van der Waals surface area contributed by atoms with Crippen LogP contribution in [0, 0.1) is 0 Å². The Hall–Kier alpha value is -1.50. The number of likely N-dealkylation sites (N-methyl/N-ethyl adjacent to an activating group) is 1. The fourth-order valence-corrected chi connectivity index (χ4v) is 1.86. The summed E-state index contributed by atoms with van der Waals surface area (Å²) in [7, 11) is 3.51. The third kappa shape index (κ3) is 4.00. The zero-order chi connectivity index (χ0) is 14.8. The molecule has 112 valence electrons. The number of ether oxygens (including phenoxy) is 1. The second kappa shape index (κ2) is 5.87. The van der Waals surface area contributed by atoms with E-state index in [4.69, 9.17) is 4.74 Å². The molecule has 0 aromatic carbocycles. The molecule has 4 nitrogen and oxygen atoms in total. The van der Waals surface area contributed by atoms with E-state index in [2.05, 4.69) is 15.2 Å². The minimum absolute atomic E-state index is 0.00614. The standard InChI is InChI=1S/C13H18F3N3O/c1-17-11-7-9(13(14,15)16)8-12(18-11)20-6-5-19(2)10-3-4-10/h7-8,10H,3-6H2,1-2H3,(H,17,18). The lowest BCUT2D eigenvalue weighted by Crippen LogP contribution is -2.26. The van der Waals surface area contributed by atoms with Crippen LogP contribution in [-0.2, 0) is 6.18 Å². The van der Waals surface area contributed by atoms with Crippen LogP contribution in [0.4, 0.5) is 19.0 Å². The van der Waals surface area contributed by atoms with Crippen LogP contribution in [0.15, 0.2) is 12.1 Å². The minimum Gasteiger partial charge on any atom is -0.476 e. The molecule has 1 aliphatic carbocycles. The van der Waals surface area contributed by atoms with E-state index in [-0.39, 0.29) is 11.7 Å². The predicted molar refractivity (Wildman–Crippen MR) is 69.9 cm³/mol. The van der Waals surface area contributed by atoms with Gasteiger partial charge in [0, 0.05) is 25.7 Å². The van der Waals surface area contributed by atoms with Crippen molar-refractivity contribution < 1.29 is 17.9 Å². The number of nitrogens with one attached hydrogen (secondary N) is 1. The topological polar surface area (TPSA) is 37.4 Å². The van der Waals surface area contributed by atoms with Crippen LogP contribution in [0.5, 0.6) is 5.88 Å². The van der Waals surface area contributed by atoms with Gasteiger partial charge in [0.25, 0.3) is 0 Å². The van der Waals surface area contributed by atoms with Crippen molar-refractivity contribution in [1.29, 1.82) is 0 Å². The second-order valence-corrected chi connectivity index (χ2v) is 4.89. The van der Waals surface area contributed by atoms with Gasteiger partial charge in [0.05, 0.1) is 5.56 Å². The molecule has 1 fully saturated rings. The van der Waals surface area contributed by atoms with Crippen LogP contribution in [0.2, 0.25) is 0 Å². The van der Waals surface area contributed by atoms with Gasteiger partial charge < -0.3 is 15.0 Å². The van der Waals surface area contributed by atoms with Gasteiger partial charge in [-0.2, -0.15) is 18.2 Å². The highest BCUT2D eigenvalue weighted by molar-refractivity contribution is 5.42. The molecule has 1 aliphatic rings. The molecule has 7 heteroatoms. The fourth-order valence-electron chi connectivity index (χ4n) is 1.86. The molecule has 0 saturated heterocycles. The van der Waals surface area contributed by atoms with Crippen molar-refractivity contribution in [3.05, 3.63) is 17.7 Å². The van der Waals surface area contributed by atoms with Crippen molar-refractivity contribution in [3.63, 3.8) is 0 Å². The Morgan fingerprint density at radius 2 is 2.10 bits per heavy atom. The molecular formula is C13H18F3N3O. The first kappa shape index (κ1) is 14.9. The van der Waals surface area contributed by atoms with Crippen molar-refractivity contribution in [2.75, 3.05) is 32.6 Å². The zero-order valence-electron chi connectivity index (χ0n) is 11.5. The Labute approximate surface area is 115 Å². The maximum absolute atomic E-state index is 12.7. The van der Waals surface area contributed by atoms with Crippen LogP contribution in [0.25, 0.3) is 0 Å². The van der Waals surface area contributed by atoms with Gasteiger partial charge in [-0.15, -0.1) is 0 Å². The molecule has 1 aromatic heterocycles. The summed E-state index contributed by atoms with van der Waals surface area (Å²) in [6.07, 6.45) is -2.04. The average Bonchev–Trinajstić information content (AvgIpc) is 3.21. The summed E-state index contributed by atoms with van der Waals surface area (Å²) >= 11 is 0. The number of alkyl halides is 3. The molecule has 1 N–H and O–H groups in total. The highest BCUT2D eigenvalue weighted by Gasteiger charge is 2.32. The number of aromatic nitrogens is 1. The molecule has 0 radical (unpaired) electrons. The summed E-state index contributed by atoms with van der Waals surface area (Å²) in [5.74, 6) is 0.138. The van der Waals surface area contributed by atoms with Crippen molar-refractivity contribution in [2.45, 2.75) is 25.1 Å². The molecule has 2 rings (SSSR count). The van der Waals surface area contributed by atoms with Crippen LogP contribution in [-0.4, -0.2) is 43.2 Å². The Morgan fingerprint density at radius 1 is 1.40 bits per heavy atom. The number of rotatable bonds is 6. The summed E-state index contributed by atoms with van der Waals surface area (Å²) in [6.45, 7) is 1.00. The lowest BCUT2D eigenvalue weighted by molar-refractivity contribution is -0.137. The van der Waals surface area contributed by atoms with Crippen molar-refractivity contribution in [1.82, 2.24) is 9.88 Å². The number of hydrogen-bond acceptors (Lipinski definition) is 4. The maximum atomic E-state index is 12.7. The van der Waals surface area contributed by atoms with Gasteiger partial charge in [-0.25, -0.2) is 0 Å². The van der Waals surface area contributed by atoms with Gasteiger partial charge in [-0.05, 0) is 26.0 Å². The number of nitrogens with zero attached hydrogens (tertiary/aromatic N) is 2. The third-order valence-corrected chi connectivity index (χ3v) is 3.25. The molecule has 0 amide bonds. The lowest BCUT2D eigenvalue weighted by Gasteiger charge is -2.16. The molecule has 0 atom stereocenters. The monoisotopic (exact) mass is 289 g/mol. The molecule has 1 heterocycles. The SMILES string of the molecule is CNc1cc(C(F)(F)F)cc(OCCN(C)C2CC2)n1. The highest BCUT2D eigenvalue weighted by Crippen LogP contribution is 2.32. The number of pyridine rings is 1. The van der Waals surface area contributed by atoms with Gasteiger partial charge in [0.15, 0.2) is 0 Å². The van der Waals surface area contributed by atoms with Crippen molar-refractivity contribution in [2.24, 2.45) is 0 Å². The predicted octanol–water partition coefficient (Wildman–Crippen LogP) is 2.62. The Kier molecular flexibility index (Phi) is 4.37. The molecular weight excluding hydrogens is 271 g/mol. The van der Waals surface area contributed by atoms with E-state index in [0.29, 0.717) is 19.2 Å². The lowest BCUT2D eigenvalue weighted by atomic mass is 10.2. The number of hydrogen-bond donors (Lipinski definition) is 1. The van der Waals surface area contributed by atoms with E-state index in [1.54, 1.807) is 0 Å². The Balaban J connectivity index is 1.98. The smallest absolute Gasteiger partial charge is 0.416 e. The van der Waals surface area contributed by atoms with E-state index in [0.717, 1.165) is 12.1 Å². The zero-order valence-corrected chi connectivity index (χ0v) is 11.5. The first-order valence-electron chi connectivity index (χ1n) is 6.50. The second-order valence-electron chi connectivity index (χ2n) is 4.89. The van der Waals surface area contributed by atoms with Crippen molar-refractivity contribution >= 4 is 5.82 Å². The van der Waals surface area contributed by atoms with E-state index in [9.17, 15) is 13.2 Å². The van der Waals surface area contributed by atoms with Gasteiger partial charge in [-0.1, -0.05) is 0 Å². The van der Waals surface area contributed by atoms with Crippen LogP contribution < -0.4 is 10.1 Å². The van der Waals surface area contributed by atoms with E-state index < -0.39 is 11.7 Å². The molecule has 1 saturated carbocycles. The third-order valence-electron chi connectivity index (χ3n) is 3.25.